The summed E-state index contributed by atoms with van der Waals surface area (Å²) in [5.41, 5.74) is 10.4. The first-order valence-corrected chi connectivity index (χ1v) is 7.40. The predicted octanol–water partition coefficient (Wildman–Crippen LogP) is 3.25. The average molecular weight is 297 g/mol. The molecule has 0 heterocycles. The van der Waals surface area contributed by atoms with Gasteiger partial charge in [0.2, 0.25) is 0 Å². The Morgan fingerprint density at radius 3 is 2.45 bits per heavy atom. The molecule has 0 bridgehead atoms. The number of rotatable bonds is 6. The molecular formula is C18H23N3O. The Bertz CT molecular complexity index is 603. The Morgan fingerprint density at radius 2 is 1.77 bits per heavy atom. The van der Waals surface area contributed by atoms with Gasteiger partial charge in [0.15, 0.2) is 5.96 Å². The molecule has 116 valence electrons. The molecule has 0 amide bonds. The van der Waals surface area contributed by atoms with Crippen molar-refractivity contribution < 1.29 is 4.74 Å². The number of guanidine groups is 1. The minimum absolute atomic E-state index is 0.410. The summed E-state index contributed by atoms with van der Waals surface area (Å²) in [6, 6.07) is 16.3. The zero-order valence-electron chi connectivity index (χ0n) is 13.2. The van der Waals surface area contributed by atoms with Gasteiger partial charge in [-0.2, -0.15) is 0 Å². The van der Waals surface area contributed by atoms with Crippen LogP contribution >= 0.6 is 0 Å². The van der Waals surface area contributed by atoms with Gasteiger partial charge in [-0.1, -0.05) is 36.4 Å². The largest absolute Gasteiger partial charge is 0.375 e. The van der Waals surface area contributed by atoms with Crippen molar-refractivity contribution >= 4 is 11.6 Å². The molecule has 0 atom stereocenters. The fourth-order valence-electron chi connectivity index (χ4n) is 2.23. The van der Waals surface area contributed by atoms with E-state index in [1.54, 1.807) is 0 Å². The van der Waals surface area contributed by atoms with Crippen LogP contribution in [0.4, 0.5) is 5.69 Å². The smallest absolute Gasteiger partial charge is 0.193 e. The molecule has 0 aliphatic carbocycles. The number of hydrogen-bond acceptors (Lipinski definition) is 2. The minimum Gasteiger partial charge on any atom is -0.375 e. The van der Waals surface area contributed by atoms with Gasteiger partial charge < -0.3 is 15.8 Å². The van der Waals surface area contributed by atoms with Crippen molar-refractivity contribution in [3.05, 3.63) is 65.2 Å². The van der Waals surface area contributed by atoms with Crippen LogP contribution in [0.15, 0.2) is 53.5 Å². The van der Waals surface area contributed by atoms with E-state index in [0.717, 1.165) is 11.3 Å². The molecule has 3 N–H and O–H groups in total. The third-order valence-corrected chi connectivity index (χ3v) is 3.12. The second-order valence-electron chi connectivity index (χ2n) is 5.31. The van der Waals surface area contributed by atoms with E-state index < -0.39 is 0 Å². The molecule has 22 heavy (non-hydrogen) atoms. The molecule has 0 saturated heterocycles. The van der Waals surface area contributed by atoms with Crippen LogP contribution in [-0.4, -0.2) is 19.1 Å². The molecular weight excluding hydrogens is 274 g/mol. The van der Waals surface area contributed by atoms with Crippen LogP contribution in [0.3, 0.4) is 0 Å². The monoisotopic (exact) mass is 297 g/mol. The normalized spacial score (nSPS) is 11.5. The van der Waals surface area contributed by atoms with Crippen molar-refractivity contribution in [1.29, 1.82) is 0 Å². The molecule has 2 aromatic rings. The number of nitrogens with one attached hydrogen (secondary N) is 1. The number of hydrogen-bond donors (Lipinski definition) is 2. The first kappa shape index (κ1) is 16.0. The summed E-state index contributed by atoms with van der Waals surface area (Å²) in [7, 11) is 0. The molecule has 4 heteroatoms. The lowest BCUT2D eigenvalue weighted by atomic mass is 10.1. The van der Waals surface area contributed by atoms with E-state index in [2.05, 4.69) is 30.2 Å². The van der Waals surface area contributed by atoms with Crippen LogP contribution in [-0.2, 0) is 11.3 Å². The number of nitrogens with two attached hydrogens (primary N) is 1. The molecule has 0 spiro atoms. The lowest BCUT2D eigenvalue weighted by molar-refractivity contribution is 0.128. The Kier molecular flexibility index (Phi) is 5.98. The zero-order valence-corrected chi connectivity index (χ0v) is 13.2. The SMILES string of the molecule is Cc1cc(C)cc(NC(N)=NCCOCc2ccccc2)c1. The van der Waals surface area contributed by atoms with Crippen molar-refractivity contribution in [2.75, 3.05) is 18.5 Å². The molecule has 2 rings (SSSR count). The van der Waals surface area contributed by atoms with Gasteiger partial charge in [-0.25, -0.2) is 0 Å². The zero-order chi connectivity index (χ0) is 15.8. The van der Waals surface area contributed by atoms with E-state index in [-0.39, 0.29) is 0 Å². The number of benzene rings is 2. The Labute approximate surface area is 132 Å². The topological polar surface area (TPSA) is 59.6 Å². The van der Waals surface area contributed by atoms with Crippen molar-refractivity contribution in [3.8, 4) is 0 Å². The van der Waals surface area contributed by atoms with Crippen molar-refractivity contribution in [3.63, 3.8) is 0 Å². The van der Waals surface area contributed by atoms with Gasteiger partial charge in [-0.15, -0.1) is 0 Å². The lowest BCUT2D eigenvalue weighted by Crippen LogP contribution is -2.23. The maximum Gasteiger partial charge on any atom is 0.193 e. The number of nitrogens with zero attached hydrogens (tertiary/aromatic N) is 1. The van der Waals surface area contributed by atoms with Gasteiger partial charge in [0.25, 0.3) is 0 Å². The highest BCUT2D eigenvalue weighted by Gasteiger charge is 1.98. The summed E-state index contributed by atoms with van der Waals surface area (Å²) in [4.78, 5) is 4.27. The van der Waals surface area contributed by atoms with Gasteiger partial charge in [0, 0.05) is 5.69 Å². The van der Waals surface area contributed by atoms with Gasteiger partial charge >= 0.3 is 0 Å². The number of aryl methyl sites for hydroxylation is 2. The van der Waals surface area contributed by atoms with Gasteiger partial charge in [0.1, 0.15) is 0 Å². The van der Waals surface area contributed by atoms with E-state index in [4.69, 9.17) is 10.5 Å². The van der Waals surface area contributed by atoms with Crippen LogP contribution in [0, 0.1) is 13.8 Å². The number of anilines is 1. The van der Waals surface area contributed by atoms with Crippen LogP contribution in [0.1, 0.15) is 16.7 Å². The minimum atomic E-state index is 0.410. The summed E-state index contributed by atoms with van der Waals surface area (Å²) in [5, 5.41) is 3.10. The van der Waals surface area contributed by atoms with Crippen molar-refractivity contribution in [2.24, 2.45) is 10.7 Å². The summed E-state index contributed by atoms with van der Waals surface area (Å²) >= 11 is 0. The van der Waals surface area contributed by atoms with Crippen molar-refractivity contribution in [1.82, 2.24) is 0 Å². The van der Waals surface area contributed by atoms with Gasteiger partial charge in [0.05, 0.1) is 19.8 Å². The van der Waals surface area contributed by atoms with Gasteiger partial charge in [-0.3, -0.25) is 4.99 Å². The second kappa shape index (κ2) is 8.20. The molecule has 0 aromatic heterocycles. The fraction of sp³-hybridized carbons (Fsp3) is 0.278. The molecule has 0 saturated carbocycles. The third-order valence-electron chi connectivity index (χ3n) is 3.12. The van der Waals surface area contributed by atoms with Crippen LogP contribution < -0.4 is 11.1 Å². The molecule has 0 unspecified atom stereocenters. The standard InChI is InChI=1S/C18H23N3O/c1-14-10-15(2)12-17(11-14)21-18(19)20-8-9-22-13-16-6-4-3-5-7-16/h3-7,10-12H,8-9,13H2,1-2H3,(H3,19,20,21). The fourth-order valence-corrected chi connectivity index (χ4v) is 2.23. The highest BCUT2D eigenvalue weighted by Crippen LogP contribution is 2.13. The first-order chi connectivity index (χ1) is 10.6. The van der Waals surface area contributed by atoms with E-state index in [1.165, 1.54) is 11.1 Å². The van der Waals surface area contributed by atoms with E-state index in [1.807, 2.05) is 42.5 Å². The summed E-state index contributed by atoms with van der Waals surface area (Å²) in [6.45, 7) is 5.80. The first-order valence-electron chi connectivity index (χ1n) is 7.40. The van der Waals surface area contributed by atoms with Crippen LogP contribution in [0.25, 0.3) is 0 Å². The Morgan fingerprint density at radius 1 is 1.09 bits per heavy atom. The van der Waals surface area contributed by atoms with E-state index in [0.29, 0.717) is 25.7 Å². The average Bonchev–Trinajstić information content (AvgIpc) is 2.47. The van der Waals surface area contributed by atoms with Gasteiger partial charge in [-0.05, 0) is 42.7 Å². The predicted molar refractivity (Wildman–Crippen MR) is 92.1 cm³/mol. The molecule has 0 fully saturated rings. The quantitative estimate of drug-likeness (QED) is 0.489. The van der Waals surface area contributed by atoms with Crippen LogP contribution in [0.2, 0.25) is 0 Å². The highest BCUT2D eigenvalue weighted by molar-refractivity contribution is 5.92. The Balaban J connectivity index is 1.73. The molecule has 0 radical (unpaired) electrons. The molecule has 4 nitrogen and oxygen atoms in total. The third kappa shape index (κ3) is 5.58. The number of ether oxygens (including phenoxy) is 1. The molecule has 0 aliphatic rings. The summed E-state index contributed by atoms with van der Waals surface area (Å²) in [6.07, 6.45) is 0. The molecule has 2 aromatic carbocycles. The molecule has 0 aliphatic heterocycles. The van der Waals surface area contributed by atoms with Crippen molar-refractivity contribution in [2.45, 2.75) is 20.5 Å². The summed E-state index contributed by atoms with van der Waals surface area (Å²) < 4.78 is 5.57. The maximum absolute atomic E-state index is 5.88. The van der Waals surface area contributed by atoms with Crippen LogP contribution in [0.5, 0.6) is 0 Å². The van der Waals surface area contributed by atoms with E-state index in [9.17, 15) is 0 Å². The van der Waals surface area contributed by atoms with E-state index >= 15 is 0 Å². The lowest BCUT2D eigenvalue weighted by Gasteiger charge is -2.08. The summed E-state index contributed by atoms with van der Waals surface area (Å²) in [5.74, 6) is 0.410. The second-order valence-corrected chi connectivity index (χ2v) is 5.31. The number of aliphatic imine (C=N–C) groups is 1. The maximum atomic E-state index is 5.88. The Hall–Kier alpha value is -2.33. The highest BCUT2D eigenvalue weighted by atomic mass is 16.5.